The second-order valence-corrected chi connectivity index (χ2v) is 9.30. The topological polar surface area (TPSA) is 64.8 Å². The first-order valence-corrected chi connectivity index (χ1v) is 12.0. The molecule has 1 aromatic heterocycles. The third-order valence-corrected chi connectivity index (χ3v) is 7.18. The van der Waals surface area contributed by atoms with Crippen molar-refractivity contribution >= 4 is 28.6 Å². The molecule has 3 aromatic rings. The molecule has 5 rings (SSSR count). The van der Waals surface area contributed by atoms with E-state index in [1.807, 2.05) is 36.4 Å². The molecule has 2 atom stereocenters. The molecule has 2 aromatic carbocycles. The van der Waals surface area contributed by atoms with Gasteiger partial charge in [0.15, 0.2) is 11.4 Å². The zero-order valence-corrected chi connectivity index (χ0v) is 19.2. The van der Waals surface area contributed by atoms with Gasteiger partial charge in [-0.2, -0.15) is 0 Å². The Bertz CT molecular complexity index is 1200. The van der Waals surface area contributed by atoms with Gasteiger partial charge in [0.2, 0.25) is 0 Å². The smallest absolute Gasteiger partial charge is 0.262 e. The van der Waals surface area contributed by atoms with Crippen LogP contribution in [0.2, 0.25) is 0 Å². The second-order valence-electron chi connectivity index (χ2n) is 8.46. The lowest BCUT2D eigenvalue weighted by Gasteiger charge is -2.31. The van der Waals surface area contributed by atoms with E-state index in [1.165, 1.54) is 19.3 Å². The van der Waals surface area contributed by atoms with Gasteiger partial charge < -0.3 is 19.4 Å². The molecule has 1 fully saturated rings. The highest BCUT2D eigenvalue weighted by molar-refractivity contribution is 7.07. The third kappa shape index (κ3) is 4.05. The summed E-state index contributed by atoms with van der Waals surface area (Å²) in [4.78, 5) is 17.8. The molecule has 1 aliphatic heterocycles. The van der Waals surface area contributed by atoms with E-state index in [0.717, 1.165) is 39.6 Å². The predicted octanol–water partition coefficient (Wildman–Crippen LogP) is 5.54. The maximum absolute atomic E-state index is 11.8. The van der Waals surface area contributed by atoms with E-state index in [4.69, 9.17) is 14.5 Å². The Kier molecular flexibility index (Phi) is 5.74. The molecule has 1 N–H and O–H groups in total. The number of rotatable bonds is 4. The number of thiazole rings is 1. The molecule has 1 aliphatic carbocycles. The SMILES string of the molecule is COc1ccc(N=c2scc(-c3ccc4c(c3)NC(=O)CO4)n2C2CCCCC2C)cc1. The number of anilines is 1. The number of hydrogen-bond donors (Lipinski definition) is 1. The molecule has 2 aliphatic rings. The number of aromatic nitrogens is 1. The number of carbonyl (C=O) groups excluding carboxylic acids is 1. The zero-order valence-electron chi connectivity index (χ0n) is 18.3. The van der Waals surface area contributed by atoms with Crippen LogP contribution in [0.25, 0.3) is 11.3 Å². The van der Waals surface area contributed by atoms with E-state index < -0.39 is 0 Å². The van der Waals surface area contributed by atoms with E-state index in [9.17, 15) is 4.79 Å². The highest BCUT2D eigenvalue weighted by Crippen LogP contribution is 2.38. The summed E-state index contributed by atoms with van der Waals surface area (Å²) in [5.41, 5.74) is 3.81. The number of methoxy groups -OCH3 is 1. The Morgan fingerprint density at radius 3 is 2.75 bits per heavy atom. The average molecular weight is 450 g/mol. The van der Waals surface area contributed by atoms with E-state index >= 15 is 0 Å². The predicted molar refractivity (Wildman–Crippen MR) is 127 cm³/mol. The first-order chi connectivity index (χ1) is 15.6. The Morgan fingerprint density at radius 1 is 1.16 bits per heavy atom. The van der Waals surface area contributed by atoms with Crippen molar-refractivity contribution in [3.8, 4) is 22.8 Å². The van der Waals surface area contributed by atoms with E-state index in [1.54, 1.807) is 18.4 Å². The number of hydrogen-bond acceptors (Lipinski definition) is 5. The fourth-order valence-electron chi connectivity index (χ4n) is 4.62. The van der Waals surface area contributed by atoms with Gasteiger partial charge in [0.1, 0.15) is 11.5 Å². The lowest BCUT2D eigenvalue weighted by Crippen LogP contribution is -2.29. The number of benzene rings is 2. The van der Waals surface area contributed by atoms with Crippen LogP contribution >= 0.6 is 11.3 Å². The average Bonchev–Trinajstić information content (AvgIpc) is 3.22. The Hall–Kier alpha value is -3.06. The fourth-order valence-corrected chi connectivity index (χ4v) is 5.59. The number of carbonyl (C=O) groups is 1. The van der Waals surface area contributed by atoms with Crippen LogP contribution in [0.1, 0.15) is 38.6 Å². The van der Waals surface area contributed by atoms with Crippen molar-refractivity contribution in [1.82, 2.24) is 4.57 Å². The molecule has 1 amide bonds. The van der Waals surface area contributed by atoms with Crippen LogP contribution in [0.5, 0.6) is 11.5 Å². The summed E-state index contributed by atoms with van der Waals surface area (Å²) in [5, 5.41) is 5.11. The molecule has 0 spiro atoms. The van der Waals surface area contributed by atoms with Crippen molar-refractivity contribution in [3.05, 3.63) is 52.6 Å². The Balaban J connectivity index is 1.62. The van der Waals surface area contributed by atoms with Gasteiger partial charge in [0.05, 0.1) is 24.2 Å². The lowest BCUT2D eigenvalue weighted by molar-refractivity contribution is -0.118. The normalized spacial score (nSPS) is 20.9. The van der Waals surface area contributed by atoms with E-state index in [-0.39, 0.29) is 12.5 Å². The number of nitrogens with one attached hydrogen (secondary N) is 1. The number of nitrogens with zero attached hydrogens (tertiary/aromatic N) is 2. The van der Waals surface area contributed by atoms with E-state index in [2.05, 4.69) is 28.3 Å². The van der Waals surface area contributed by atoms with Crippen molar-refractivity contribution in [3.63, 3.8) is 0 Å². The molecule has 0 bridgehead atoms. The second kappa shape index (κ2) is 8.82. The van der Waals surface area contributed by atoms with Gasteiger partial charge in [0, 0.05) is 17.0 Å². The van der Waals surface area contributed by atoms with Crippen LogP contribution in [0.15, 0.2) is 52.8 Å². The number of amides is 1. The van der Waals surface area contributed by atoms with Gasteiger partial charge in [-0.3, -0.25) is 4.79 Å². The van der Waals surface area contributed by atoms with Crippen molar-refractivity contribution < 1.29 is 14.3 Å². The minimum Gasteiger partial charge on any atom is -0.497 e. The standard InChI is InChI=1S/C25H27N3O3S/c1-16-5-3-4-6-21(16)28-22(17-7-12-23-20(13-17)27-24(29)14-31-23)15-32-25(28)26-18-8-10-19(30-2)11-9-18/h7-13,15-16,21H,3-6,14H2,1-2H3,(H,27,29). The summed E-state index contributed by atoms with van der Waals surface area (Å²) in [6, 6.07) is 14.3. The minimum atomic E-state index is -0.121. The monoisotopic (exact) mass is 449 g/mol. The lowest BCUT2D eigenvalue weighted by atomic mass is 9.85. The first kappa shape index (κ1) is 20.8. The molecule has 32 heavy (non-hydrogen) atoms. The van der Waals surface area contributed by atoms with Gasteiger partial charge in [-0.15, -0.1) is 11.3 Å². The Morgan fingerprint density at radius 2 is 1.97 bits per heavy atom. The largest absolute Gasteiger partial charge is 0.497 e. The number of fused-ring (bicyclic) bond motifs is 1. The molecule has 2 heterocycles. The maximum atomic E-state index is 11.8. The summed E-state index contributed by atoms with van der Waals surface area (Å²) < 4.78 is 13.2. The molecular formula is C25H27N3O3S. The quantitative estimate of drug-likeness (QED) is 0.569. The van der Waals surface area contributed by atoms with E-state index in [0.29, 0.717) is 17.7 Å². The van der Waals surface area contributed by atoms with Crippen LogP contribution in [0.4, 0.5) is 11.4 Å². The molecule has 0 radical (unpaired) electrons. The summed E-state index contributed by atoms with van der Waals surface area (Å²) in [6.07, 6.45) is 4.88. The highest BCUT2D eigenvalue weighted by Gasteiger charge is 2.27. The van der Waals surface area contributed by atoms with Crippen LogP contribution in [-0.4, -0.2) is 24.2 Å². The fraction of sp³-hybridized carbons (Fsp3) is 0.360. The van der Waals surface area contributed by atoms with Gasteiger partial charge in [-0.1, -0.05) is 19.8 Å². The van der Waals surface area contributed by atoms with Crippen LogP contribution in [-0.2, 0) is 4.79 Å². The Labute approximate surface area is 191 Å². The van der Waals surface area contributed by atoms with Crippen LogP contribution < -0.4 is 19.6 Å². The third-order valence-electron chi connectivity index (χ3n) is 6.34. The van der Waals surface area contributed by atoms with Gasteiger partial charge in [-0.25, -0.2) is 4.99 Å². The molecule has 166 valence electrons. The summed E-state index contributed by atoms with van der Waals surface area (Å²) in [7, 11) is 1.67. The minimum absolute atomic E-state index is 0.0648. The van der Waals surface area contributed by atoms with Crippen molar-refractivity contribution in [1.29, 1.82) is 0 Å². The molecule has 6 nitrogen and oxygen atoms in total. The summed E-state index contributed by atoms with van der Waals surface area (Å²) in [6.45, 7) is 2.41. The van der Waals surface area contributed by atoms with Crippen LogP contribution in [0, 0.1) is 5.92 Å². The molecular weight excluding hydrogens is 422 g/mol. The summed E-state index contributed by atoms with van der Waals surface area (Å²) >= 11 is 1.66. The summed E-state index contributed by atoms with van der Waals surface area (Å²) in [5.74, 6) is 1.99. The molecule has 7 heteroatoms. The van der Waals surface area contributed by atoms with Gasteiger partial charge in [0.25, 0.3) is 5.91 Å². The first-order valence-electron chi connectivity index (χ1n) is 11.1. The van der Waals surface area contributed by atoms with Gasteiger partial charge >= 0.3 is 0 Å². The van der Waals surface area contributed by atoms with Crippen molar-refractivity contribution in [2.24, 2.45) is 10.9 Å². The van der Waals surface area contributed by atoms with Crippen molar-refractivity contribution in [2.45, 2.75) is 38.6 Å². The molecule has 1 saturated carbocycles. The number of ether oxygens (including phenoxy) is 2. The molecule has 2 unspecified atom stereocenters. The van der Waals surface area contributed by atoms with Crippen LogP contribution in [0.3, 0.4) is 0 Å². The maximum Gasteiger partial charge on any atom is 0.262 e. The van der Waals surface area contributed by atoms with Gasteiger partial charge in [-0.05, 0) is 61.2 Å². The highest BCUT2D eigenvalue weighted by atomic mass is 32.1. The van der Waals surface area contributed by atoms with Crippen molar-refractivity contribution in [2.75, 3.05) is 19.0 Å². The zero-order chi connectivity index (χ0) is 22.1. The molecule has 0 saturated heterocycles.